The number of hydrogen-bond acceptors (Lipinski definition) is 14. The highest BCUT2D eigenvalue weighted by Crippen LogP contribution is 2.30. The van der Waals surface area contributed by atoms with Gasteiger partial charge in [-0.2, -0.15) is 0 Å². The van der Waals surface area contributed by atoms with Crippen LogP contribution >= 0.6 is 11.3 Å². The van der Waals surface area contributed by atoms with Gasteiger partial charge in [0.15, 0.2) is 0 Å². The molecular formula is C24H33N5O11S. The maximum Gasteiger partial charge on any atom is 0.345 e. The van der Waals surface area contributed by atoms with E-state index in [9.17, 15) is 19.7 Å². The van der Waals surface area contributed by atoms with E-state index in [1.54, 1.807) is 6.07 Å². The summed E-state index contributed by atoms with van der Waals surface area (Å²) in [7, 11) is 0. The van der Waals surface area contributed by atoms with Crippen molar-refractivity contribution in [3.05, 3.63) is 40.1 Å². The number of azo groups is 1. The summed E-state index contributed by atoms with van der Waals surface area (Å²) >= 11 is 0.831. The number of aryl methyl sites for hydroxylation is 1. The summed E-state index contributed by atoms with van der Waals surface area (Å²) < 4.78 is 26.5. The third-order valence-corrected chi connectivity index (χ3v) is 5.86. The van der Waals surface area contributed by atoms with Gasteiger partial charge in [-0.05, 0) is 42.0 Å². The number of nitro groups is 1. The Morgan fingerprint density at radius 2 is 1.44 bits per heavy atom. The molecule has 1 aromatic heterocycles. The molecule has 226 valence electrons. The van der Waals surface area contributed by atoms with E-state index >= 15 is 0 Å². The number of aromatic nitrogens is 1. The fourth-order valence-electron chi connectivity index (χ4n) is 3.13. The average molecular weight is 600 g/mol. The SMILES string of the molecule is Cc1cc(N(CCOCCOCCOCC(=O)O)CCOCCOCC(=O)O)ccc1/N=N/c1ncc([N+](=O)[O-])s1. The Hall–Kier alpha value is -3.61. The second-order valence-corrected chi connectivity index (χ2v) is 9.11. The summed E-state index contributed by atoms with van der Waals surface area (Å²) in [6.45, 7) is 4.45. The van der Waals surface area contributed by atoms with Crippen molar-refractivity contribution < 1.29 is 48.4 Å². The van der Waals surface area contributed by atoms with E-state index < -0.39 is 16.9 Å². The molecule has 0 aliphatic rings. The third-order valence-electron chi connectivity index (χ3n) is 5.03. The van der Waals surface area contributed by atoms with Crippen LogP contribution in [-0.4, -0.2) is 111 Å². The highest BCUT2D eigenvalue weighted by Gasteiger charge is 2.12. The maximum absolute atomic E-state index is 10.8. The maximum atomic E-state index is 10.8. The molecule has 0 unspecified atom stereocenters. The van der Waals surface area contributed by atoms with Gasteiger partial charge in [-0.3, -0.25) is 10.1 Å². The Kier molecular flexibility index (Phi) is 15.9. The fraction of sp³-hybridized carbons (Fsp3) is 0.542. The van der Waals surface area contributed by atoms with Crippen LogP contribution in [0.5, 0.6) is 0 Å². The van der Waals surface area contributed by atoms with Crippen molar-refractivity contribution in [2.75, 3.05) is 84.1 Å². The summed E-state index contributed by atoms with van der Waals surface area (Å²) in [6.07, 6.45) is 1.14. The molecule has 2 aromatic rings. The third kappa shape index (κ3) is 14.5. The summed E-state index contributed by atoms with van der Waals surface area (Å²) in [5.41, 5.74) is 2.29. The Balaban J connectivity index is 1.87. The predicted octanol–water partition coefficient (Wildman–Crippen LogP) is 2.83. The van der Waals surface area contributed by atoms with Gasteiger partial charge in [0, 0.05) is 18.8 Å². The molecule has 0 radical (unpaired) electrons. The average Bonchev–Trinajstić information content (AvgIpc) is 3.41. The van der Waals surface area contributed by atoms with Gasteiger partial charge >= 0.3 is 16.9 Å². The number of aliphatic carboxylic acids is 2. The van der Waals surface area contributed by atoms with E-state index in [4.69, 9.17) is 33.9 Å². The molecule has 0 saturated carbocycles. The van der Waals surface area contributed by atoms with Crippen LogP contribution in [0.1, 0.15) is 5.56 Å². The van der Waals surface area contributed by atoms with E-state index in [0.29, 0.717) is 45.2 Å². The van der Waals surface area contributed by atoms with Gasteiger partial charge in [-0.25, -0.2) is 14.6 Å². The molecule has 1 heterocycles. The number of ether oxygens (including phenoxy) is 5. The normalized spacial score (nSPS) is 11.2. The topological polar surface area (TPSA) is 205 Å². The first-order valence-corrected chi connectivity index (χ1v) is 13.3. The molecule has 0 atom stereocenters. The first-order valence-electron chi connectivity index (χ1n) is 12.5. The van der Waals surface area contributed by atoms with E-state index in [-0.39, 0.29) is 49.8 Å². The van der Waals surface area contributed by atoms with Crippen molar-refractivity contribution in [2.24, 2.45) is 10.2 Å². The van der Waals surface area contributed by atoms with Crippen LogP contribution in [0.25, 0.3) is 0 Å². The molecule has 2 rings (SSSR count). The summed E-state index contributed by atoms with van der Waals surface area (Å²) in [4.78, 5) is 37.1. The molecule has 41 heavy (non-hydrogen) atoms. The largest absolute Gasteiger partial charge is 0.480 e. The smallest absolute Gasteiger partial charge is 0.345 e. The second-order valence-electron chi connectivity index (χ2n) is 8.13. The number of carboxylic acids is 2. The van der Waals surface area contributed by atoms with Gasteiger partial charge in [0.2, 0.25) is 5.13 Å². The Morgan fingerprint density at radius 1 is 0.902 bits per heavy atom. The van der Waals surface area contributed by atoms with E-state index in [0.717, 1.165) is 28.8 Å². The first kappa shape index (κ1) is 33.6. The monoisotopic (exact) mass is 599 g/mol. The van der Waals surface area contributed by atoms with Gasteiger partial charge in [0.1, 0.15) is 19.4 Å². The molecule has 0 aliphatic heterocycles. The fourth-order valence-corrected chi connectivity index (χ4v) is 3.68. The summed E-state index contributed by atoms with van der Waals surface area (Å²) in [5.74, 6) is -2.08. The van der Waals surface area contributed by atoms with Crippen LogP contribution in [0.2, 0.25) is 0 Å². The minimum atomic E-state index is -1.04. The highest BCUT2D eigenvalue weighted by atomic mass is 32.1. The van der Waals surface area contributed by atoms with Crippen LogP contribution < -0.4 is 4.90 Å². The number of nitrogens with zero attached hydrogens (tertiary/aromatic N) is 5. The minimum absolute atomic E-state index is 0.115. The zero-order valence-electron chi connectivity index (χ0n) is 22.5. The molecule has 0 spiro atoms. The van der Waals surface area contributed by atoms with Crippen molar-refractivity contribution in [3.8, 4) is 0 Å². The molecule has 0 saturated heterocycles. The van der Waals surface area contributed by atoms with Crippen LogP contribution in [0, 0.1) is 17.0 Å². The molecule has 17 heteroatoms. The molecule has 1 aromatic carbocycles. The lowest BCUT2D eigenvalue weighted by Gasteiger charge is -2.25. The van der Waals surface area contributed by atoms with Gasteiger partial charge in [0.05, 0.1) is 63.5 Å². The molecule has 0 aliphatic carbocycles. The minimum Gasteiger partial charge on any atom is -0.480 e. The molecule has 0 amide bonds. The van der Waals surface area contributed by atoms with Crippen molar-refractivity contribution >= 4 is 44.8 Å². The van der Waals surface area contributed by atoms with Crippen LogP contribution in [-0.2, 0) is 33.3 Å². The van der Waals surface area contributed by atoms with E-state index in [1.807, 2.05) is 19.1 Å². The highest BCUT2D eigenvalue weighted by molar-refractivity contribution is 7.18. The molecule has 0 bridgehead atoms. The lowest BCUT2D eigenvalue weighted by atomic mass is 10.1. The summed E-state index contributed by atoms with van der Waals surface area (Å²) in [5, 5.41) is 36.2. The molecule has 2 N–H and O–H groups in total. The standard InChI is InChI=1S/C24H33N5O11S/c1-18-14-19(2-3-20(18)26-27-24-25-15-21(41-24)29(34)35)28(5-7-37-10-12-39-16-22(30)31)4-6-36-8-9-38-11-13-40-17-23(32)33/h2-3,14-15H,4-13,16-17H2,1H3,(H,30,31)(H,32,33)/b27-26+. The molecule has 0 fully saturated rings. The lowest BCUT2D eigenvalue weighted by molar-refractivity contribution is -0.380. The number of anilines is 1. The number of carboxylic acid groups (broad SMARTS) is 2. The second kappa shape index (κ2) is 19.5. The van der Waals surface area contributed by atoms with Crippen molar-refractivity contribution in [2.45, 2.75) is 6.92 Å². The Bertz CT molecular complexity index is 1130. The van der Waals surface area contributed by atoms with E-state index in [1.165, 1.54) is 0 Å². The zero-order valence-corrected chi connectivity index (χ0v) is 23.3. The van der Waals surface area contributed by atoms with Gasteiger partial charge < -0.3 is 38.8 Å². The van der Waals surface area contributed by atoms with Crippen molar-refractivity contribution in [1.29, 1.82) is 0 Å². The number of benzene rings is 1. The number of carbonyl (C=O) groups is 2. The first-order chi connectivity index (χ1) is 19.8. The summed E-state index contributed by atoms with van der Waals surface area (Å²) in [6, 6.07) is 5.57. The number of thiazole rings is 1. The quantitative estimate of drug-likeness (QED) is 0.0817. The molecular weight excluding hydrogens is 566 g/mol. The van der Waals surface area contributed by atoms with Crippen LogP contribution in [0.15, 0.2) is 34.6 Å². The lowest BCUT2D eigenvalue weighted by Crippen LogP contribution is -2.31. The Labute approximate surface area is 239 Å². The van der Waals surface area contributed by atoms with Crippen molar-refractivity contribution in [3.63, 3.8) is 0 Å². The van der Waals surface area contributed by atoms with Gasteiger partial charge in [0.25, 0.3) is 0 Å². The zero-order chi connectivity index (χ0) is 29.9. The Morgan fingerprint density at radius 3 is 1.93 bits per heavy atom. The van der Waals surface area contributed by atoms with Gasteiger partial charge in [-0.1, -0.05) is 0 Å². The molecule has 16 nitrogen and oxygen atoms in total. The number of hydrogen-bond donors (Lipinski definition) is 2. The van der Waals surface area contributed by atoms with Gasteiger partial charge in [-0.15, -0.1) is 10.2 Å². The van der Waals surface area contributed by atoms with Crippen LogP contribution in [0.3, 0.4) is 0 Å². The van der Waals surface area contributed by atoms with Crippen molar-refractivity contribution in [1.82, 2.24) is 4.98 Å². The van der Waals surface area contributed by atoms with E-state index in [2.05, 4.69) is 20.1 Å². The predicted molar refractivity (Wildman–Crippen MR) is 146 cm³/mol. The van der Waals surface area contributed by atoms with Crippen LogP contribution in [0.4, 0.5) is 21.5 Å². The number of rotatable bonds is 23.